The van der Waals surface area contributed by atoms with Crippen LogP contribution in [-0.2, 0) is 16.9 Å². The van der Waals surface area contributed by atoms with Crippen molar-refractivity contribution in [3.8, 4) is 0 Å². The van der Waals surface area contributed by atoms with E-state index in [1.807, 2.05) is 11.3 Å². The van der Waals surface area contributed by atoms with Gasteiger partial charge in [-0.15, -0.1) is 11.3 Å². The molecule has 1 fully saturated rings. The van der Waals surface area contributed by atoms with Crippen molar-refractivity contribution in [3.63, 3.8) is 0 Å². The largest absolute Gasteiger partial charge is 0.395 e. The first kappa shape index (κ1) is 18.0. The molecule has 0 bridgehead atoms. The van der Waals surface area contributed by atoms with Gasteiger partial charge in [-0.3, -0.25) is 4.90 Å². The first-order valence-electron chi connectivity index (χ1n) is 9.57. The van der Waals surface area contributed by atoms with Crippen LogP contribution in [0.15, 0.2) is 36.4 Å². The van der Waals surface area contributed by atoms with Gasteiger partial charge in [0.1, 0.15) is 0 Å². The third-order valence-electron chi connectivity index (χ3n) is 5.68. The highest BCUT2D eigenvalue weighted by molar-refractivity contribution is 7.11. The van der Waals surface area contributed by atoms with Crippen LogP contribution in [0.25, 0.3) is 0 Å². The summed E-state index contributed by atoms with van der Waals surface area (Å²) in [6, 6.07) is 13.1. The van der Waals surface area contributed by atoms with Gasteiger partial charge in [-0.25, -0.2) is 0 Å². The van der Waals surface area contributed by atoms with E-state index in [1.165, 1.54) is 21.0 Å². The topological polar surface area (TPSA) is 35.9 Å². The number of fused-ring (bicyclic) bond motifs is 2. The van der Waals surface area contributed by atoms with E-state index in [-0.39, 0.29) is 12.2 Å². The molecule has 1 N–H and O–H groups in total. The first-order valence-corrected chi connectivity index (χ1v) is 10.4. The van der Waals surface area contributed by atoms with E-state index in [1.54, 1.807) is 0 Å². The average molecular weight is 373 g/mol. The van der Waals surface area contributed by atoms with Gasteiger partial charge in [0.25, 0.3) is 0 Å². The Morgan fingerprint density at radius 3 is 2.65 bits per heavy atom. The van der Waals surface area contributed by atoms with Crippen molar-refractivity contribution in [2.75, 3.05) is 44.3 Å². The Morgan fingerprint density at radius 2 is 1.92 bits per heavy atom. The molecule has 4 rings (SSSR count). The van der Waals surface area contributed by atoms with Crippen LogP contribution in [0.1, 0.15) is 28.2 Å². The molecule has 0 saturated carbocycles. The van der Waals surface area contributed by atoms with E-state index in [0.29, 0.717) is 6.54 Å². The molecular weight excluding hydrogens is 344 g/mol. The lowest BCUT2D eigenvalue weighted by Crippen LogP contribution is -2.43. The third-order valence-corrected chi connectivity index (χ3v) is 6.67. The van der Waals surface area contributed by atoms with Gasteiger partial charge < -0.3 is 14.7 Å². The number of β-amino-alcohol motifs (C(OH)–C–C–N with tert-alkyl or cyclic N) is 1. The van der Waals surface area contributed by atoms with Crippen molar-refractivity contribution < 1.29 is 9.84 Å². The lowest BCUT2D eigenvalue weighted by Gasteiger charge is -2.42. The Balaban J connectivity index is 1.52. The van der Waals surface area contributed by atoms with Crippen LogP contribution in [0, 0.1) is 6.92 Å². The van der Waals surface area contributed by atoms with Crippen LogP contribution >= 0.6 is 11.3 Å². The number of nitrogens with zero attached hydrogens (tertiary/aromatic N) is 2. The predicted octanol–water partition coefficient (Wildman–Crippen LogP) is 3.38. The lowest BCUT2D eigenvalue weighted by atomic mass is 9.83. The minimum absolute atomic E-state index is 0.176. The highest BCUT2D eigenvalue weighted by Crippen LogP contribution is 2.43. The fourth-order valence-electron chi connectivity index (χ4n) is 4.31. The summed E-state index contributed by atoms with van der Waals surface area (Å²) in [7, 11) is 0. The van der Waals surface area contributed by atoms with Crippen LogP contribution in [-0.4, -0.2) is 49.4 Å². The quantitative estimate of drug-likeness (QED) is 0.893. The van der Waals surface area contributed by atoms with E-state index in [2.05, 4.69) is 53.1 Å². The van der Waals surface area contributed by atoms with Gasteiger partial charge in [0.15, 0.2) is 0 Å². The summed E-state index contributed by atoms with van der Waals surface area (Å²) >= 11 is 1.90. The molecule has 3 heterocycles. The number of aryl methyl sites for hydroxylation is 1. The van der Waals surface area contributed by atoms with Crippen molar-refractivity contribution in [2.24, 2.45) is 0 Å². The smallest absolute Gasteiger partial charge is 0.0976 e. The number of benzene rings is 1. The molecule has 1 saturated heterocycles. The fourth-order valence-corrected chi connectivity index (χ4v) is 5.25. The molecule has 2 aliphatic rings. The number of aliphatic hydroxyl groups is 1. The number of anilines is 1. The first-order chi connectivity index (χ1) is 12.7. The maximum absolute atomic E-state index is 9.43. The van der Waals surface area contributed by atoms with Gasteiger partial charge in [-0.1, -0.05) is 18.2 Å². The number of likely N-dealkylation sites (tertiary alicyclic amines) is 1. The summed E-state index contributed by atoms with van der Waals surface area (Å²) in [5, 5.41) is 9.43. The summed E-state index contributed by atoms with van der Waals surface area (Å²) in [5.74, 6) is 0. The molecule has 140 valence electrons. The molecule has 0 amide bonds. The fraction of sp³-hybridized carbons (Fsp3) is 0.524. The molecule has 0 radical (unpaired) electrons. The summed E-state index contributed by atoms with van der Waals surface area (Å²) < 4.78 is 6.49. The molecule has 0 unspecified atom stereocenters. The number of aliphatic hydroxyl groups excluding tert-OH is 1. The minimum Gasteiger partial charge on any atom is -0.395 e. The second kappa shape index (κ2) is 7.69. The van der Waals surface area contributed by atoms with Gasteiger partial charge in [0, 0.05) is 53.7 Å². The number of hydrogen-bond acceptors (Lipinski definition) is 5. The molecule has 5 heteroatoms. The van der Waals surface area contributed by atoms with E-state index in [4.69, 9.17) is 4.74 Å². The molecule has 1 spiro atoms. The van der Waals surface area contributed by atoms with Crippen LogP contribution < -0.4 is 4.90 Å². The van der Waals surface area contributed by atoms with Gasteiger partial charge in [-0.2, -0.15) is 0 Å². The molecular formula is C21H28N2O2S. The van der Waals surface area contributed by atoms with Gasteiger partial charge >= 0.3 is 0 Å². The maximum Gasteiger partial charge on any atom is 0.0976 e. The second-order valence-corrected chi connectivity index (χ2v) is 8.73. The molecule has 1 aromatic carbocycles. The zero-order valence-electron chi connectivity index (χ0n) is 15.5. The van der Waals surface area contributed by atoms with E-state index >= 15 is 0 Å². The standard InChI is InChI=1S/C21H28N2O2S/c1-17-6-7-18(26-17)16-22-10-8-21(9-11-22)19-4-2-3-5-20(19)23(12-14-24)13-15-25-21/h2-7,24H,8-16H2,1H3. The van der Waals surface area contributed by atoms with Gasteiger partial charge in [0.05, 0.1) is 18.8 Å². The highest BCUT2D eigenvalue weighted by Gasteiger charge is 2.41. The third kappa shape index (κ3) is 3.54. The molecule has 0 aliphatic carbocycles. The minimum atomic E-state index is -0.178. The Labute approximate surface area is 160 Å². The van der Waals surface area contributed by atoms with E-state index in [9.17, 15) is 5.11 Å². The SMILES string of the molecule is Cc1ccc(CN2CCC3(CC2)OCCN(CCO)c2ccccc23)s1. The van der Waals surface area contributed by atoms with Gasteiger partial charge in [-0.05, 0) is 38.0 Å². The summed E-state index contributed by atoms with van der Waals surface area (Å²) in [6.45, 7) is 7.75. The summed E-state index contributed by atoms with van der Waals surface area (Å²) in [4.78, 5) is 7.66. The predicted molar refractivity (Wildman–Crippen MR) is 107 cm³/mol. The zero-order valence-corrected chi connectivity index (χ0v) is 16.3. The Bertz CT molecular complexity index is 737. The van der Waals surface area contributed by atoms with Crippen molar-refractivity contribution >= 4 is 17.0 Å². The van der Waals surface area contributed by atoms with Crippen molar-refractivity contribution in [1.82, 2.24) is 4.90 Å². The van der Waals surface area contributed by atoms with Crippen LogP contribution in [0.3, 0.4) is 0 Å². The highest BCUT2D eigenvalue weighted by atomic mass is 32.1. The molecule has 26 heavy (non-hydrogen) atoms. The normalized spacial score (nSPS) is 20.2. The Kier molecular flexibility index (Phi) is 5.32. The number of ether oxygens (including phenoxy) is 1. The molecule has 4 nitrogen and oxygen atoms in total. The van der Waals surface area contributed by atoms with E-state index < -0.39 is 0 Å². The van der Waals surface area contributed by atoms with Crippen molar-refractivity contribution in [1.29, 1.82) is 0 Å². The second-order valence-electron chi connectivity index (χ2n) is 7.36. The average Bonchev–Trinajstić information content (AvgIpc) is 3.01. The van der Waals surface area contributed by atoms with Crippen LogP contribution in [0.2, 0.25) is 0 Å². The Morgan fingerprint density at radius 1 is 1.12 bits per heavy atom. The Hall–Kier alpha value is -1.40. The number of rotatable bonds is 4. The molecule has 2 aromatic rings. The number of para-hydroxylation sites is 1. The van der Waals surface area contributed by atoms with Crippen LogP contribution in [0.4, 0.5) is 5.69 Å². The monoisotopic (exact) mass is 372 g/mol. The lowest BCUT2D eigenvalue weighted by molar-refractivity contribution is -0.0848. The van der Waals surface area contributed by atoms with Crippen LogP contribution in [0.5, 0.6) is 0 Å². The van der Waals surface area contributed by atoms with E-state index in [0.717, 1.165) is 45.6 Å². The maximum atomic E-state index is 9.43. The number of thiophene rings is 1. The zero-order chi connectivity index (χ0) is 18.0. The number of hydrogen-bond donors (Lipinski definition) is 1. The molecule has 0 atom stereocenters. The van der Waals surface area contributed by atoms with Crippen molar-refractivity contribution in [2.45, 2.75) is 31.9 Å². The summed E-state index contributed by atoms with van der Waals surface area (Å²) in [5.41, 5.74) is 2.36. The number of piperidine rings is 1. The van der Waals surface area contributed by atoms with Crippen molar-refractivity contribution in [3.05, 3.63) is 51.7 Å². The summed E-state index contributed by atoms with van der Waals surface area (Å²) in [6.07, 6.45) is 2.06. The molecule has 1 aromatic heterocycles. The van der Waals surface area contributed by atoms with Gasteiger partial charge in [0.2, 0.25) is 0 Å². The molecule has 2 aliphatic heterocycles.